The lowest BCUT2D eigenvalue weighted by atomic mass is 10.0. The summed E-state index contributed by atoms with van der Waals surface area (Å²) in [5.41, 5.74) is 17.0. The molecular formula is C13H20N4O3. The zero-order valence-corrected chi connectivity index (χ0v) is 11.4. The summed E-state index contributed by atoms with van der Waals surface area (Å²) < 4.78 is 5.27. The van der Waals surface area contributed by atoms with Gasteiger partial charge in [0.1, 0.15) is 5.75 Å². The van der Waals surface area contributed by atoms with E-state index >= 15 is 0 Å². The Balaban J connectivity index is 3.10. The smallest absolute Gasteiger partial charge is 0.231 e. The maximum absolute atomic E-state index is 11.2. The average molecular weight is 280 g/mol. The van der Waals surface area contributed by atoms with Crippen molar-refractivity contribution >= 4 is 11.8 Å². The highest BCUT2D eigenvalue weighted by Crippen LogP contribution is 2.28. The van der Waals surface area contributed by atoms with E-state index in [1.807, 2.05) is 18.2 Å². The van der Waals surface area contributed by atoms with Crippen molar-refractivity contribution in [3.63, 3.8) is 0 Å². The second-order valence-electron chi connectivity index (χ2n) is 4.33. The van der Waals surface area contributed by atoms with Crippen LogP contribution in [0.2, 0.25) is 0 Å². The lowest BCUT2D eigenvalue weighted by molar-refractivity contribution is -0.122. The van der Waals surface area contributed by atoms with Gasteiger partial charge < -0.3 is 21.9 Å². The summed E-state index contributed by atoms with van der Waals surface area (Å²) in [7, 11) is 1.54. The first kappa shape index (κ1) is 15.9. The molecule has 7 heteroatoms. The van der Waals surface area contributed by atoms with Crippen LogP contribution in [0.1, 0.15) is 11.6 Å². The maximum atomic E-state index is 11.2. The minimum Gasteiger partial charge on any atom is -0.496 e. The Morgan fingerprint density at radius 3 is 2.20 bits per heavy atom. The van der Waals surface area contributed by atoms with Gasteiger partial charge in [0.2, 0.25) is 11.8 Å². The van der Waals surface area contributed by atoms with Crippen molar-refractivity contribution in [2.24, 2.45) is 17.2 Å². The van der Waals surface area contributed by atoms with Crippen molar-refractivity contribution in [1.29, 1.82) is 0 Å². The number of methoxy groups -OCH3 is 1. The highest BCUT2D eigenvalue weighted by Gasteiger charge is 2.24. The monoisotopic (exact) mass is 280 g/mol. The molecule has 0 aliphatic carbocycles. The van der Waals surface area contributed by atoms with Crippen LogP contribution in [0.15, 0.2) is 24.3 Å². The third-order valence-corrected chi connectivity index (χ3v) is 2.88. The number of ether oxygens (including phenoxy) is 1. The summed E-state index contributed by atoms with van der Waals surface area (Å²) in [6.45, 7) is -0.0212. The molecule has 2 amide bonds. The molecule has 110 valence electrons. The highest BCUT2D eigenvalue weighted by atomic mass is 16.5. The summed E-state index contributed by atoms with van der Waals surface area (Å²) in [5.74, 6) is -0.485. The maximum Gasteiger partial charge on any atom is 0.231 e. The van der Waals surface area contributed by atoms with E-state index in [1.165, 1.54) is 0 Å². The van der Waals surface area contributed by atoms with Gasteiger partial charge in [0.15, 0.2) is 0 Å². The average Bonchev–Trinajstić information content (AvgIpc) is 2.38. The SMILES string of the molecule is COc1ccccc1C(CN)N(CC(N)=O)CC(N)=O. The van der Waals surface area contributed by atoms with E-state index in [1.54, 1.807) is 18.1 Å². The standard InChI is InChI=1S/C13H20N4O3/c1-20-11-5-3-2-4-9(11)10(6-14)17(7-12(15)18)8-13(16)19/h2-5,10H,6-8,14H2,1H3,(H2,15,18)(H2,16,19). The Labute approximate surface area is 117 Å². The summed E-state index contributed by atoms with van der Waals surface area (Å²) >= 11 is 0. The van der Waals surface area contributed by atoms with Gasteiger partial charge in [-0.2, -0.15) is 0 Å². The third-order valence-electron chi connectivity index (χ3n) is 2.88. The van der Waals surface area contributed by atoms with Gasteiger partial charge in [-0.1, -0.05) is 18.2 Å². The number of nitrogens with two attached hydrogens (primary N) is 3. The first-order valence-corrected chi connectivity index (χ1v) is 6.13. The number of benzene rings is 1. The summed E-state index contributed by atoms with van der Waals surface area (Å²) in [5, 5.41) is 0. The van der Waals surface area contributed by atoms with Crippen LogP contribution in [-0.2, 0) is 9.59 Å². The van der Waals surface area contributed by atoms with E-state index < -0.39 is 11.8 Å². The van der Waals surface area contributed by atoms with Crippen LogP contribution in [-0.4, -0.2) is 43.5 Å². The van der Waals surface area contributed by atoms with Crippen LogP contribution in [0, 0.1) is 0 Å². The van der Waals surface area contributed by atoms with E-state index in [-0.39, 0.29) is 25.7 Å². The van der Waals surface area contributed by atoms with E-state index in [9.17, 15) is 9.59 Å². The molecule has 0 fully saturated rings. The van der Waals surface area contributed by atoms with Crippen LogP contribution in [0.5, 0.6) is 5.75 Å². The number of primary amides is 2. The van der Waals surface area contributed by atoms with Crippen molar-refractivity contribution in [3.05, 3.63) is 29.8 Å². The van der Waals surface area contributed by atoms with E-state index in [0.29, 0.717) is 5.75 Å². The number of carbonyl (C=O) groups excluding carboxylic acids is 2. The van der Waals surface area contributed by atoms with Gasteiger partial charge in [-0.05, 0) is 6.07 Å². The van der Waals surface area contributed by atoms with E-state index in [0.717, 1.165) is 5.56 Å². The first-order valence-electron chi connectivity index (χ1n) is 6.13. The van der Waals surface area contributed by atoms with E-state index in [2.05, 4.69) is 0 Å². The molecule has 0 aliphatic heterocycles. The number of para-hydroxylation sites is 1. The molecule has 0 bridgehead atoms. The summed E-state index contributed by atoms with van der Waals surface area (Å²) in [6.07, 6.45) is 0. The predicted octanol–water partition coefficient (Wildman–Crippen LogP) is -1.03. The number of nitrogens with zero attached hydrogens (tertiary/aromatic N) is 1. The molecule has 0 aliphatic rings. The molecule has 1 aromatic carbocycles. The Kier molecular flexibility index (Phi) is 5.95. The lowest BCUT2D eigenvalue weighted by Gasteiger charge is -2.30. The lowest BCUT2D eigenvalue weighted by Crippen LogP contribution is -2.44. The molecule has 0 aromatic heterocycles. The summed E-state index contributed by atoms with van der Waals surface area (Å²) in [6, 6.07) is 6.87. The Hall–Kier alpha value is -2.12. The number of rotatable bonds is 8. The van der Waals surface area contributed by atoms with Gasteiger partial charge in [-0.15, -0.1) is 0 Å². The molecule has 0 heterocycles. The number of hydrogen-bond acceptors (Lipinski definition) is 5. The van der Waals surface area contributed by atoms with Gasteiger partial charge in [-0.25, -0.2) is 0 Å². The van der Waals surface area contributed by atoms with Gasteiger partial charge in [0.05, 0.1) is 26.2 Å². The molecule has 1 atom stereocenters. The van der Waals surface area contributed by atoms with Crippen molar-refractivity contribution in [3.8, 4) is 5.75 Å². The molecule has 0 saturated heterocycles. The van der Waals surface area contributed by atoms with Crippen LogP contribution >= 0.6 is 0 Å². The fraction of sp³-hybridized carbons (Fsp3) is 0.385. The number of hydrogen-bond donors (Lipinski definition) is 3. The molecule has 0 spiro atoms. The molecular weight excluding hydrogens is 260 g/mol. The Bertz CT molecular complexity index is 462. The second kappa shape index (κ2) is 7.46. The van der Waals surface area contributed by atoms with Gasteiger partial charge in [-0.3, -0.25) is 14.5 Å². The van der Waals surface area contributed by atoms with Crippen LogP contribution in [0.3, 0.4) is 0 Å². The topological polar surface area (TPSA) is 125 Å². The van der Waals surface area contributed by atoms with E-state index in [4.69, 9.17) is 21.9 Å². The Morgan fingerprint density at radius 2 is 1.75 bits per heavy atom. The first-order chi connectivity index (χ1) is 9.49. The molecule has 1 rings (SSSR count). The third kappa shape index (κ3) is 4.22. The molecule has 1 unspecified atom stereocenters. The molecule has 6 N–H and O–H groups in total. The second-order valence-corrected chi connectivity index (χ2v) is 4.33. The van der Waals surface area contributed by atoms with Crippen LogP contribution < -0.4 is 21.9 Å². The van der Waals surface area contributed by atoms with Crippen molar-refractivity contribution in [2.45, 2.75) is 6.04 Å². The zero-order valence-electron chi connectivity index (χ0n) is 11.4. The fourth-order valence-corrected chi connectivity index (χ4v) is 2.09. The van der Waals surface area contributed by atoms with Crippen molar-refractivity contribution in [1.82, 2.24) is 4.90 Å². The molecule has 20 heavy (non-hydrogen) atoms. The number of amides is 2. The normalized spacial score (nSPS) is 12.2. The fourth-order valence-electron chi connectivity index (χ4n) is 2.09. The minimum absolute atomic E-state index is 0.108. The number of carbonyl (C=O) groups is 2. The van der Waals surface area contributed by atoms with Crippen molar-refractivity contribution < 1.29 is 14.3 Å². The minimum atomic E-state index is -0.556. The summed E-state index contributed by atoms with van der Waals surface area (Å²) in [4.78, 5) is 23.9. The van der Waals surface area contributed by atoms with Gasteiger partial charge >= 0.3 is 0 Å². The highest BCUT2D eigenvalue weighted by molar-refractivity contribution is 5.79. The molecule has 0 radical (unpaired) electrons. The predicted molar refractivity (Wildman–Crippen MR) is 74.8 cm³/mol. The molecule has 1 aromatic rings. The zero-order chi connectivity index (χ0) is 15.1. The van der Waals surface area contributed by atoms with Crippen LogP contribution in [0.25, 0.3) is 0 Å². The molecule has 0 saturated carbocycles. The largest absolute Gasteiger partial charge is 0.496 e. The Morgan fingerprint density at radius 1 is 1.20 bits per heavy atom. The van der Waals surface area contributed by atoms with Gasteiger partial charge in [0, 0.05) is 12.1 Å². The van der Waals surface area contributed by atoms with Gasteiger partial charge in [0.25, 0.3) is 0 Å². The quantitative estimate of drug-likeness (QED) is 0.561. The van der Waals surface area contributed by atoms with Crippen LogP contribution in [0.4, 0.5) is 0 Å². The van der Waals surface area contributed by atoms with Crippen molar-refractivity contribution in [2.75, 3.05) is 26.7 Å². The molecule has 7 nitrogen and oxygen atoms in total.